The van der Waals surface area contributed by atoms with Crippen molar-refractivity contribution in [2.45, 2.75) is 19.9 Å². The van der Waals surface area contributed by atoms with Crippen LogP contribution in [0.3, 0.4) is 0 Å². The lowest BCUT2D eigenvalue weighted by molar-refractivity contribution is -0.142. The lowest BCUT2D eigenvalue weighted by Crippen LogP contribution is -2.48. The van der Waals surface area contributed by atoms with E-state index in [0.29, 0.717) is 15.8 Å². The molecule has 0 heterocycles. The Kier molecular flexibility index (Phi) is 9.33. The second kappa shape index (κ2) is 11.9. The third-order valence-electron chi connectivity index (χ3n) is 4.26. The Hall–Kier alpha value is -3.27. The summed E-state index contributed by atoms with van der Waals surface area (Å²) in [5, 5.41) is 6.57. The quantitative estimate of drug-likeness (QED) is 0.308. The minimum absolute atomic E-state index is 0.213. The van der Waals surface area contributed by atoms with Crippen molar-refractivity contribution in [3.63, 3.8) is 0 Å². The van der Waals surface area contributed by atoms with Crippen LogP contribution in [0, 0.1) is 11.7 Å². The number of esters is 1. The smallest absolute Gasteiger partial charge is 0.343 e. The number of nitrogens with zero attached hydrogens (tertiary/aromatic N) is 1. The van der Waals surface area contributed by atoms with Gasteiger partial charge in [0.25, 0.3) is 11.8 Å². The molecule has 0 saturated carbocycles. The number of hydrogen-bond acceptors (Lipinski definition) is 6. The fourth-order valence-electron chi connectivity index (χ4n) is 2.51. The van der Waals surface area contributed by atoms with Gasteiger partial charge in [0.05, 0.1) is 17.8 Å². The molecule has 32 heavy (non-hydrogen) atoms. The van der Waals surface area contributed by atoms with Gasteiger partial charge in [-0.25, -0.2) is 14.6 Å². The maximum atomic E-state index is 13.0. The predicted molar refractivity (Wildman–Crippen MR) is 120 cm³/mol. The Labute approximate surface area is 193 Å². The van der Waals surface area contributed by atoms with Gasteiger partial charge in [-0.2, -0.15) is 5.10 Å². The van der Waals surface area contributed by atoms with Crippen molar-refractivity contribution >= 4 is 39.9 Å². The molecule has 0 radical (unpaired) electrons. The van der Waals surface area contributed by atoms with Crippen molar-refractivity contribution in [3.05, 3.63) is 63.9 Å². The number of benzene rings is 2. The molecule has 170 valence electrons. The van der Waals surface area contributed by atoms with Crippen LogP contribution in [0.2, 0.25) is 0 Å². The molecular formula is C22H23BrFN3O5. The van der Waals surface area contributed by atoms with Gasteiger partial charge in [0.2, 0.25) is 0 Å². The molecule has 0 bridgehead atoms. The van der Waals surface area contributed by atoms with Crippen LogP contribution in [-0.2, 0) is 14.3 Å². The van der Waals surface area contributed by atoms with Gasteiger partial charge in [-0.3, -0.25) is 9.59 Å². The van der Waals surface area contributed by atoms with E-state index >= 15 is 0 Å². The van der Waals surface area contributed by atoms with E-state index in [2.05, 4.69) is 36.5 Å². The van der Waals surface area contributed by atoms with E-state index in [1.165, 1.54) is 37.6 Å². The van der Waals surface area contributed by atoms with Crippen molar-refractivity contribution in [1.82, 2.24) is 10.7 Å². The van der Waals surface area contributed by atoms with Crippen molar-refractivity contribution in [2.24, 2.45) is 11.0 Å². The second-order valence-electron chi connectivity index (χ2n) is 6.99. The summed E-state index contributed by atoms with van der Waals surface area (Å²) in [5.41, 5.74) is 3.30. The van der Waals surface area contributed by atoms with Gasteiger partial charge in [0.1, 0.15) is 17.6 Å². The first-order valence-electron chi connectivity index (χ1n) is 9.59. The molecule has 2 rings (SSSR count). The molecular weight excluding hydrogens is 485 g/mol. The number of carbonyl (C=O) groups is 3. The molecule has 0 spiro atoms. The summed E-state index contributed by atoms with van der Waals surface area (Å²) < 4.78 is 23.5. The van der Waals surface area contributed by atoms with Crippen molar-refractivity contribution in [3.8, 4) is 5.75 Å². The fraction of sp³-hybridized carbons (Fsp3) is 0.273. The first kappa shape index (κ1) is 25.0. The Balaban J connectivity index is 1.97. The lowest BCUT2D eigenvalue weighted by atomic mass is 10.0. The summed E-state index contributed by atoms with van der Waals surface area (Å²) in [6.45, 7) is 3.34. The summed E-state index contributed by atoms with van der Waals surface area (Å²) in [6.07, 6.45) is 1.42. The average Bonchev–Trinajstić information content (AvgIpc) is 2.76. The maximum Gasteiger partial charge on any atom is 0.343 e. The van der Waals surface area contributed by atoms with E-state index in [1.807, 2.05) is 0 Å². The Morgan fingerprint density at radius 3 is 2.44 bits per heavy atom. The molecule has 2 amide bonds. The summed E-state index contributed by atoms with van der Waals surface area (Å²) >= 11 is 3.34. The normalized spacial score (nSPS) is 11.8. The Bertz CT molecular complexity index is 996. The predicted octanol–water partition coefficient (Wildman–Crippen LogP) is 3.04. The molecule has 2 aromatic rings. The van der Waals surface area contributed by atoms with Crippen molar-refractivity contribution < 1.29 is 28.2 Å². The topological polar surface area (TPSA) is 106 Å². The summed E-state index contributed by atoms with van der Waals surface area (Å²) in [6, 6.07) is 9.20. The molecule has 8 nitrogen and oxygen atoms in total. The molecule has 0 fully saturated rings. The maximum absolute atomic E-state index is 13.0. The minimum atomic E-state index is -0.842. The van der Waals surface area contributed by atoms with Crippen molar-refractivity contribution in [1.29, 1.82) is 0 Å². The number of halogens is 2. The van der Waals surface area contributed by atoms with E-state index in [-0.39, 0.29) is 18.1 Å². The zero-order valence-electron chi connectivity index (χ0n) is 17.7. The number of rotatable bonds is 9. The van der Waals surface area contributed by atoms with E-state index in [9.17, 15) is 18.8 Å². The monoisotopic (exact) mass is 507 g/mol. The molecule has 0 aliphatic rings. The molecule has 0 aliphatic heterocycles. The van der Waals surface area contributed by atoms with Crippen LogP contribution in [0.5, 0.6) is 5.75 Å². The highest BCUT2D eigenvalue weighted by molar-refractivity contribution is 9.10. The second-order valence-corrected chi connectivity index (χ2v) is 7.85. The summed E-state index contributed by atoms with van der Waals surface area (Å²) in [5.74, 6) is -1.71. The number of hydrogen-bond donors (Lipinski definition) is 2. The van der Waals surface area contributed by atoms with Gasteiger partial charge < -0.3 is 14.8 Å². The first-order valence-corrected chi connectivity index (χ1v) is 10.4. The van der Waals surface area contributed by atoms with Crippen LogP contribution in [0.15, 0.2) is 52.0 Å². The molecule has 2 aromatic carbocycles. The number of ether oxygens (including phenoxy) is 2. The van der Waals surface area contributed by atoms with E-state index < -0.39 is 29.6 Å². The van der Waals surface area contributed by atoms with Gasteiger partial charge >= 0.3 is 5.97 Å². The van der Waals surface area contributed by atoms with Gasteiger partial charge in [0, 0.05) is 5.56 Å². The van der Waals surface area contributed by atoms with Crippen LogP contribution in [0.25, 0.3) is 0 Å². The van der Waals surface area contributed by atoms with E-state index in [0.717, 1.165) is 0 Å². The molecule has 0 aliphatic carbocycles. The van der Waals surface area contributed by atoms with Crippen LogP contribution >= 0.6 is 15.9 Å². The number of amides is 2. The fourth-order valence-corrected chi connectivity index (χ4v) is 3.02. The van der Waals surface area contributed by atoms with Crippen LogP contribution in [-0.4, -0.2) is 43.8 Å². The van der Waals surface area contributed by atoms with Crippen LogP contribution < -0.4 is 15.5 Å². The minimum Gasteiger partial charge on any atom is -0.481 e. The highest BCUT2D eigenvalue weighted by Crippen LogP contribution is 2.25. The highest BCUT2D eigenvalue weighted by atomic mass is 79.9. The standard InChI is InChI=1S/C22H23BrFN3O5/c1-13(2)20(26-21(29)15-5-7-16(24)8-6-15)22(30)27-25-11-14-4-9-18(17(23)10-14)32-12-19(28)31-3/h4-11,13,20H,12H2,1-3H3,(H,26,29)(H,27,30)/b25-11+. The number of methoxy groups -OCH3 is 1. The van der Waals surface area contributed by atoms with Gasteiger partial charge in [-0.1, -0.05) is 13.8 Å². The van der Waals surface area contributed by atoms with Crippen LogP contribution in [0.1, 0.15) is 29.8 Å². The molecule has 2 N–H and O–H groups in total. The van der Waals surface area contributed by atoms with E-state index in [4.69, 9.17) is 4.74 Å². The average molecular weight is 508 g/mol. The zero-order chi connectivity index (χ0) is 23.7. The molecule has 0 aromatic heterocycles. The van der Waals surface area contributed by atoms with Gasteiger partial charge in [0.15, 0.2) is 6.61 Å². The molecule has 0 saturated heterocycles. The van der Waals surface area contributed by atoms with Crippen LogP contribution in [0.4, 0.5) is 4.39 Å². The van der Waals surface area contributed by atoms with Crippen molar-refractivity contribution in [2.75, 3.05) is 13.7 Å². The summed E-state index contributed by atoms with van der Waals surface area (Å²) in [7, 11) is 1.27. The Morgan fingerprint density at radius 2 is 1.84 bits per heavy atom. The molecule has 10 heteroatoms. The third-order valence-corrected chi connectivity index (χ3v) is 4.88. The van der Waals surface area contributed by atoms with Gasteiger partial charge in [-0.05, 0) is 69.9 Å². The molecule has 1 unspecified atom stereocenters. The third kappa shape index (κ3) is 7.45. The number of hydrazone groups is 1. The number of carbonyl (C=O) groups excluding carboxylic acids is 3. The number of nitrogens with one attached hydrogen (secondary N) is 2. The first-order chi connectivity index (χ1) is 15.2. The van der Waals surface area contributed by atoms with Gasteiger partial charge in [-0.15, -0.1) is 0 Å². The molecule has 1 atom stereocenters. The lowest BCUT2D eigenvalue weighted by Gasteiger charge is -2.20. The highest BCUT2D eigenvalue weighted by Gasteiger charge is 2.24. The SMILES string of the molecule is COC(=O)COc1ccc(/C=N/NC(=O)C(NC(=O)c2ccc(F)cc2)C(C)C)cc1Br. The zero-order valence-corrected chi connectivity index (χ0v) is 19.3. The Morgan fingerprint density at radius 1 is 1.16 bits per heavy atom. The summed E-state index contributed by atoms with van der Waals surface area (Å²) in [4.78, 5) is 36.0. The van der Waals surface area contributed by atoms with E-state index in [1.54, 1.807) is 32.0 Å². The largest absolute Gasteiger partial charge is 0.481 e.